The molecule has 2 aromatic heterocycles. The number of halogens is 1. The molecule has 112 valence electrons. The van der Waals surface area contributed by atoms with Gasteiger partial charge in [0, 0.05) is 6.07 Å². The number of carbonyl (C=O) groups excluding carboxylic acids is 1. The molecular weight excluding hydrogens is 296 g/mol. The van der Waals surface area contributed by atoms with Crippen LogP contribution in [0, 0.1) is 0 Å². The Labute approximate surface area is 126 Å². The Balaban J connectivity index is 2.25. The number of alkyl halides is 1. The number of pyridine rings is 1. The first kappa shape index (κ1) is 15.2. The van der Waals surface area contributed by atoms with Crippen molar-refractivity contribution < 1.29 is 14.3 Å². The fraction of sp³-hybridized carbons (Fsp3) is 0.385. The first-order chi connectivity index (χ1) is 10.2. The van der Waals surface area contributed by atoms with Crippen molar-refractivity contribution >= 4 is 17.6 Å². The van der Waals surface area contributed by atoms with Crippen LogP contribution < -0.4 is 4.74 Å². The number of esters is 1. The fourth-order valence-electron chi connectivity index (χ4n) is 1.76. The number of carbonyl (C=O) groups is 1. The molecule has 0 N–H and O–H groups in total. The van der Waals surface area contributed by atoms with Gasteiger partial charge < -0.3 is 9.47 Å². The number of hydrogen-bond acceptors (Lipinski definition) is 6. The Morgan fingerprint density at radius 3 is 2.90 bits per heavy atom. The molecule has 0 aliphatic heterocycles. The Hall–Kier alpha value is -2.15. The molecule has 0 saturated carbocycles. The molecule has 21 heavy (non-hydrogen) atoms. The summed E-state index contributed by atoms with van der Waals surface area (Å²) in [4.78, 5) is 16.0. The Kier molecular flexibility index (Phi) is 5.10. The Morgan fingerprint density at radius 2 is 2.24 bits per heavy atom. The maximum absolute atomic E-state index is 11.8. The van der Waals surface area contributed by atoms with Gasteiger partial charge in [0.05, 0.1) is 37.5 Å². The topological polar surface area (TPSA) is 79.1 Å². The summed E-state index contributed by atoms with van der Waals surface area (Å²) in [5.74, 6) is 0.0779. The summed E-state index contributed by atoms with van der Waals surface area (Å²) in [6.07, 6.45) is 0. The molecule has 0 aliphatic carbocycles. The largest absolute Gasteiger partial charge is 0.481 e. The van der Waals surface area contributed by atoms with E-state index in [1.807, 2.05) is 12.1 Å². The van der Waals surface area contributed by atoms with Crippen molar-refractivity contribution in [3.63, 3.8) is 0 Å². The maximum Gasteiger partial charge on any atom is 0.360 e. The molecule has 0 spiro atoms. The van der Waals surface area contributed by atoms with Crippen molar-refractivity contribution in [1.29, 1.82) is 0 Å². The molecule has 0 atom stereocenters. The van der Waals surface area contributed by atoms with Crippen LogP contribution in [-0.2, 0) is 17.2 Å². The van der Waals surface area contributed by atoms with Crippen LogP contribution in [0.1, 0.15) is 28.8 Å². The SMILES string of the molecule is CCOC(=O)c1nnn(Cc2cccc(OC)n2)c1CCl. The van der Waals surface area contributed by atoms with Crippen LogP contribution in [0.5, 0.6) is 5.88 Å². The van der Waals surface area contributed by atoms with E-state index >= 15 is 0 Å². The van der Waals surface area contributed by atoms with Crippen LogP contribution in [0.25, 0.3) is 0 Å². The molecule has 8 heteroatoms. The zero-order valence-corrected chi connectivity index (χ0v) is 12.5. The number of nitrogens with zero attached hydrogens (tertiary/aromatic N) is 4. The summed E-state index contributed by atoms with van der Waals surface area (Å²) in [7, 11) is 1.55. The van der Waals surface area contributed by atoms with Gasteiger partial charge in [0.25, 0.3) is 0 Å². The van der Waals surface area contributed by atoms with Gasteiger partial charge in [-0.05, 0) is 13.0 Å². The maximum atomic E-state index is 11.8. The molecule has 2 aromatic rings. The highest BCUT2D eigenvalue weighted by atomic mass is 35.5. The molecule has 0 amide bonds. The predicted molar refractivity (Wildman–Crippen MR) is 75.4 cm³/mol. The molecule has 0 saturated heterocycles. The lowest BCUT2D eigenvalue weighted by molar-refractivity contribution is 0.0518. The van der Waals surface area contributed by atoms with Crippen LogP contribution in [0.2, 0.25) is 0 Å². The summed E-state index contributed by atoms with van der Waals surface area (Å²) >= 11 is 5.89. The van der Waals surface area contributed by atoms with Crippen LogP contribution in [0.3, 0.4) is 0 Å². The summed E-state index contributed by atoms with van der Waals surface area (Å²) in [5, 5.41) is 7.78. The smallest absolute Gasteiger partial charge is 0.360 e. The lowest BCUT2D eigenvalue weighted by Crippen LogP contribution is -2.11. The van der Waals surface area contributed by atoms with Crippen molar-refractivity contribution in [1.82, 2.24) is 20.0 Å². The van der Waals surface area contributed by atoms with Gasteiger partial charge in [-0.25, -0.2) is 14.5 Å². The van der Waals surface area contributed by atoms with Gasteiger partial charge in [-0.2, -0.15) is 0 Å². The van der Waals surface area contributed by atoms with Crippen LogP contribution in [-0.4, -0.2) is 39.7 Å². The van der Waals surface area contributed by atoms with E-state index in [4.69, 9.17) is 21.1 Å². The van der Waals surface area contributed by atoms with Gasteiger partial charge in [-0.15, -0.1) is 16.7 Å². The average Bonchev–Trinajstić information content (AvgIpc) is 2.90. The predicted octanol–water partition coefficient (Wildman–Crippen LogP) is 1.65. The van der Waals surface area contributed by atoms with Crippen molar-refractivity contribution in [2.24, 2.45) is 0 Å². The second-order valence-corrected chi connectivity index (χ2v) is 4.34. The number of rotatable bonds is 6. The zero-order valence-electron chi connectivity index (χ0n) is 11.7. The minimum Gasteiger partial charge on any atom is -0.481 e. The highest BCUT2D eigenvalue weighted by Gasteiger charge is 2.20. The van der Waals surface area contributed by atoms with Crippen LogP contribution in [0.15, 0.2) is 18.2 Å². The van der Waals surface area contributed by atoms with E-state index in [2.05, 4.69) is 15.3 Å². The first-order valence-electron chi connectivity index (χ1n) is 6.35. The van der Waals surface area contributed by atoms with E-state index in [0.29, 0.717) is 18.1 Å². The monoisotopic (exact) mass is 310 g/mol. The van der Waals surface area contributed by atoms with Gasteiger partial charge >= 0.3 is 5.97 Å². The molecule has 0 bridgehead atoms. The quantitative estimate of drug-likeness (QED) is 0.596. The lowest BCUT2D eigenvalue weighted by atomic mass is 10.3. The number of hydrogen-bond donors (Lipinski definition) is 0. The molecule has 0 aromatic carbocycles. The van der Waals surface area contributed by atoms with Crippen molar-refractivity contribution in [2.75, 3.05) is 13.7 Å². The van der Waals surface area contributed by atoms with Crippen molar-refractivity contribution in [3.8, 4) is 5.88 Å². The second kappa shape index (κ2) is 7.03. The number of aromatic nitrogens is 4. The normalized spacial score (nSPS) is 10.4. The van der Waals surface area contributed by atoms with E-state index in [9.17, 15) is 4.79 Å². The minimum atomic E-state index is -0.530. The van der Waals surface area contributed by atoms with Gasteiger partial charge in [0.2, 0.25) is 5.88 Å². The minimum absolute atomic E-state index is 0.102. The lowest BCUT2D eigenvalue weighted by Gasteiger charge is -2.06. The van der Waals surface area contributed by atoms with E-state index in [1.54, 1.807) is 20.1 Å². The van der Waals surface area contributed by atoms with Crippen molar-refractivity contribution in [3.05, 3.63) is 35.3 Å². The molecule has 0 unspecified atom stereocenters. The van der Waals surface area contributed by atoms with Gasteiger partial charge in [-0.1, -0.05) is 11.3 Å². The molecule has 0 radical (unpaired) electrons. The third-order valence-corrected chi connectivity index (χ3v) is 2.99. The number of methoxy groups -OCH3 is 1. The molecule has 0 fully saturated rings. The van der Waals surface area contributed by atoms with Gasteiger partial charge in [-0.3, -0.25) is 0 Å². The Bertz CT molecular complexity index is 630. The summed E-state index contributed by atoms with van der Waals surface area (Å²) in [5.41, 5.74) is 1.36. The van der Waals surface area contributed by atoms with Crippen LogP contribution >= 0.6 is 11.6 Å². The van der Waals surface area contributed by atoms with Crippen molar-refractivity contribution in [2.45, 2.75) is 19.3 Å². The van der Waals surface area contributed by atoms with E-state index in [1.165, 1.54) is 4.68 Å². The molecular formula is C13H15ClN4O3. The molecule has 2 heterocycles. The number of ether oxygens (including phenoxy) is 2. The van der Waals surface area contributed by atoms with E-state index in [0.717, 1.165) is 5.69 Å². The van der Waals surface area contributed by atoms with Gasteiger partial charge in [0.15, 0.2) is 5.69 Å². The van der Waals surface area contributed by atoms with Crippen LogP contribution in [0.4, 0.5) is 0 Å². The third kappa shape index (κ3) is 3.49. The fourth-order valence-corrected chi connectivity index (χ4v) is 2.03. The summed E-state index contributed by atoms with van der Waals surface area (Å²) < 4.78 is 11.5. The second-order valence-electron chi connectivity index (χ2n) is 4.07. The molecule has 2 rings (SSSR count). The first-order valence-corrected chi connectivity index (χ1v) is 6.88. The molecule has 0 aliphatic rings. The standard InChI is InChI=1S/C13H15ClN4O3/c1-3-21-13(19)12-10(7-14)18(17-16-12)8-9-5-4-6-11(15-9)20-2/h4-6H,3,7-8H2,1-2H3. The molecule has 7 nitrogen and oxygen atoms in total. The van der Waals surface area contributed by atoms with E-state index in [-0.39, 0.29) is 18.2 Å². The highest BCUT2D eigenvalue weighted by Crippen LogP contribution is 2.13. The Morgan fingerprint density at radius 1 is 1.43 bits per heavy atom. The summed E-state index contributed by atoms with van der Waals surface area (Å²) in [6.45, 7) is 2.33. The average molecular weight is 311 g/mol. The summed E-state index contributed by atoms with van der Waals surface area (Å²) in [6, 6.07) is 5.40. The highest BCUT2D eigenvalue weighted by molar-refractivity contribution is 6.17. The third-order valence-electron chi connectivity index (χ3n) is 2.74. The zero-order chi connectivity index (χ0) is 15.2. The van der Waals surface area contributed by atoms with E-state index < -0.39 is 5.97 Å². The van der Waals surface area contributed by atoms with Gasteiger partial charge in [0.1, 0.15) is 0 Å².